The Hall–Kier alpha value is -3.92. The summed E-state index contributed by atoms with van der Waals surface area (Å²) in [5, 5.41) is 17.6. The summed E-state index contributed by atoms with van der Waals surface area (Å²) in [6.45, 7) is 0. The molecule has 0 radical (unpaired) electrons. The minimum Gasteiger partial charge on any atom is -0.316 e. The zero-order valence-corrected chi connectivity index (χ0v) is 16.3. The molecule has 2 aromatic carbocycles. The third kappa shape index (κ3) is 3.92. The number of nitrogens with one attached hydrogen (secondary N) is 1. The first-order chi connectivity index (χ1) is 14.8. The van der Waals surface area contributed by atoms with E-state index in [4.69, 9.17) is 11.6 Å². The quantitative estimate of drug-likeness (QED) is 0.339. The van der Waals surface area contributed by atoms with Crippen LogP contribution in [0, 0.1) is 10.1 Å². The molecule has 0 aliphatic carbocycles. The number of nitro benzene ring substituents is 1. The van der Waals surface area contributed by atoms with E-state index in [0.29, 0.717) is 5.56 Å². The molecule has 0 aliphatic rings. The number of anilines is 1. The second kappa shape index (κ2) is 8.07. The van der Waals surface area contributed by atoms with Crippen LogP contribution in [0.5, 0.6) is 0 Å². The van der Waals surface area contributed by atoms with Crippen molar-refractivity contribution in [2.45, 2.75) is 6.43 Å². The monoisotopic (exact) mass is 443 g/mol. The van der Waals surface area contributed by atoms with Gasteiger partial charge in [0.1, 0.15) is 16.9 Å². The van der Waals surface area contributed by atoms with Crippen LogP contribution in [0.1, 0.15) is 22.5 Å². The normalized spacial score (nSPS) is 11.1. The highest BCUT2D eigenvalue weighted by Gasteiger charge is 2.23. The molecular weight excluding hydrogens is 432 g/mol. The van der Waals surface area contributed by atoms with E-state index in [-0.39, 0.29) is 27.6 Å². The third-order valence-electron chi connectivity index (χ3n) is 4.44. The van der Waals surface area contributed by atoms with Crippen molar-refractivity contribution in [1.29, 1.82) is 0 Å². The van der Waals surface area contributed by atoms with E-state index >= 15 is 0 Å². The van der Waals surface area contributed by atoms with Crippen molar-refractivity contribution in [3.8, 4) is 11.3 Å². The van der Waals surface area contributed by atoms with E-state index in [1.165, 1.54) is 18.2 Å². The van der Waals surface area contributed by atoms with Gasteiger partial charge in [-0.05, 0) is 18.2 Å². The molecule has 0 unspecified atom stereocenters. The van der Waals surface area contributed by atoms with E-state index in [9.17, 15) is 23.7 Å². The van der Waals surface area contributed by atoms with Crippen LogP contribution in [0.3, 0.4) is 0 Å². The second-order valence-electron chi connectivity index (χ2n) is 6.40. The fraction of sp³-hybridized carbons (Fsp3) is 0.0500. The maximum absolute atomic E-state index is 13.7. The van der Waals surface area contributed by atoms with Gasteiger partial charge < -0.3 is 5.32 Å². The van der Waals surface area contributed by atoms with Gasteiger partial charge in [-0.2, -0.15) is 5.10 Å². The van der Waals surface area contributed by atoms with Crippen molar-refractivity contribution in [1.82, 2.24) is 14.6 Å². The van der Waals surface area contributed by atoms with Crippen LogP contribution < -0.4 is 5.32 Å². The molecule has 0 atom stereocenters. The fourth-order valence-corrected chi connectivity index (χ4v) is 3.18. The van der Waals surface area contributed by atoms with Crippen LogP contribution in [0.15, 0.2) is 60.8 Å². The lowest BCUT2D eigenvalue weighted by Crippen LogP contribution is -2.14. The number of benzene rings is 2. The smallest absolute Gasteiger partial charge is 0.294 e. The number of rotatable bonds is 5. The summed E-state index contributed by atoms with van der Waals surface area (Å²) in [6, 6.07) is 13.6. The largest absolute Gasteiger partial charge is 0.316 e. The molecule has 1 amide bonds. The molecule has 2 aromatic heterocycles. The summed E-state index contributed by atoms with van der Waals surface area (Å²) in [4.78, 5) is 27.7. The number of hydrogen-bond acceptors (Lipinski definition) is 5. The first kappa shape index (κ1) is 20.4. The molecule has 31 heavy (non-hydrogen) atoms. The lowest BCUT2D eigenvalue weighted by molar-refractivity contribution is -0.383. The molecule has 0 spiro atoms. The van der Waals surface area contributed by atoms with Gasteiger partial charge in [-0.25, -0.2) is 18.3 Å². The number of carbonyl (C=O) groups is 1. The Kier molecular flexibility index (Phi) is 5.30. The minimum atomic E-state index is -2.87. The van der Waals surface area contributed by atoms with Gasteiger partial charge >= 0.3 is 0 Å². The molecular formula is C20H12ClF2N5O3. The Labute approximate surface area is 178 Å². The van der Waals surface area contributed by atoms with Crippen LogP contribution in [-0.2, 0) is 0 Å². The summed E-state index contributed by atoms with van der Waals surface area (Å²) in [5.74, 6) is -0.793. The molecule has 0 fully saturated rings. The zero-order valence-electron chi connectivity index (χ0n) is 15.5. The van der Waals surface area contributed by atoms with Crippen LogP contribution >= 0.6 is 11.6 Å². The predicted molar refractivity (Wildman–Crippen MR) is 109 cm³/mol. The lowest BCUT2D eigenvalue weighted by atomic mass is 10.1. The van der Waals surface area contributed by atoms with Gasteiger partial charge in [-0.3, -0.25) is 14.9 Å². The Morgan fingerprint density at radius 3 is 2.58 bits per heavy atom. The highest BCUT2D eigenvalue weighted by Crippen LogP contribution is 2.30. The number of nitro groups is 1. The van der Waals surface area contributed by atoms with Crippen molar-refractivity contribution in [3.05, 3.63) is 87.2 Å². The molecule has 4 rings (SSSR count). The molecule has 156 valence electrons. The number of nitrogens with zero attached hydrogens (tertiary/aromatic N) is 4. The van der Waals surface area contributed by atoms with Gasteiger partial charge in [0.05, 0.1) is 16.8 Å². The summed E-state index contributed by atoms with van der Waals surface area (Å²) in [7, 11) is 0. The van der Waals surface area contributed by atoms with Gasteiger partial charge in [0.2, 0.25) is 0 Å². The average Bonchev–Trinajstić information content (AvgIpc) is 3.18. The van der Waals surface area contributed by atoms with E-state index in [2.05, 4.69) is 15.4 Å². The number of halogens is 3. The summed E-state index contributed by atoms with van der Waals surface area (Å²) >= 11 is 5.79. The maximum Gasteiger partial charge on any atom is 0.294 e. The predicted octanol–water partition coefficient (Wildman–Crippen LogP) is 5.15. The topological polar surface area (TPSA) is 102 Å². The van der Waals surface area contributed by atoms with E-state index in [1.807, 2.05) is 0 Å². The van der Waals surface area contributed by atoms with Crippen molar-refractivity contribution in [3.63, 3.8) is 0 Å². The van der Waals surface area contributed by atoms with Crippen LogP contribution in [0.4, 0.5) is 20.2 Å². The minimum absolute atomic E-state index is 0.105. The van der Waals surface area contributed by atoms with Gasteiger partial charge in [-0.15, -0.1) is 0 Å². The highest BCUT2D eigenvalue weighted by atomic mass is 35.5. The van der Waals surface area contributed by atoms with E-state index < -0.39 is 28.6 Å². The number of amides is 1. The molecule has 0 saturated carbocycles. The molecule has 2 heterocycles. The zero-order chi connectivity index (χ0) is 22.1. The standard InChI is InChI=1S/C20H12ClF2N5O3/c21-12-6-7-14(16(8-12)28(30)31)26-20(29)13-10-24-27-17(18(22)23)9-15(25-19(13)27)11-4-2-1-3-5-11/h1-10,18H,(H,26,29). The van der Waals surface area contributed by atoms with Gasteiger partial charge in [-0.1, -0.05) is 41.9 Å². The first-order valence-electron chi connectivity index (χ1n) is 8.82. The van der Waals surface area contributed by atoms with Crippen molar-refractivity contribution in [2.75, 3.05) is 5.32 Å². The molecule has 0 bridgehead atoms. The summed E-state index contributed by atoms with van der Waals surface area (Å²) < 4.78 is 28.2. The Morgan fingerprint density at radius 2 is 1.90 bits per heavy atom. The number of fused-ring (bicyclic) bond motifs is 1. The lowest BCUT2D eigenvalue weighted by Gasteiger charge is -2.09. The molecule has 4 aromatic rings. The number of hydrogen-bond donors (Lipinski definition) is 1. The van der Waals surface area contributed by atoms with Crippen LogP contribution in [0.25, 0.3) is 16.9 Å². The summed E-state index contributed by atoms with van der Waals surface area (Å²) in [6.07, 6.45) is -1.79. The van der Waals surface area contributed by atoms with Crippen LogP contribution in [0.2, 0.25) is 5.02 Å². The SMILES string of the molecule is O=C(Nc1ccc(Cl)cc1[N+](=O)[O-])c1cnn2c(C(F)F)cc(-c3ccccc3)nc12. The molecule has 0 saturated heterocycles. The van der Waals surface area contributed by atoms with Crippen molar-refractivity contribution < 1.29 is 18.5 Å². The number of aromatic nitrogens is 3. The van der Waals surface area contributed by atoms with Gasteiger partial charge in [0, 0.05) is 16.7 Å². The third-order valence-corrected chi connectivity index (χ3v) is 4.68. The molecule has 1 N–H and O–H groups in total. The maximum atomic E-state index is 13.7. The highest BCUT2D eigenvalue weighted by molar-refractivity contribution is 6.31. The average molecular weight is 444 g/mol. The second-order valence-corrected chi connectivity index (χ2v) is 6.84. The fourth-order valence-electron chi connectivity index (χ4n) is 3.01. The van der Waals surface area contributed by atoms with Crippen molar-refractivity contribution in [2.24, 2.45) is 0 Å². The van der Waals surface area contributed by atoms with Gasteiger partial charge in [0.15, 0.2) is 5.65 Å². The van der Waals surface area contributed by atoms with E-state index in [1.54, 1.807) is 30.3 Å². The number of alkyl halides is 2. The molecule has 0 aliphatic heterocycles. The van der Waals surface area contributed by atoms with Crippen LogP contribution in [-0.4, -0.2) is 25.4 Å². The molecule has 11 heteroatoms. The Balaban J connectivity index is 1.81. The Morgan fingerprint density at radius 1 is 1.16 bits per heavy atom. The van der Waals surface area contributed by atoms with Gasteiger partial charge in [0.25, 0.3) is 18.0 Å². The molecule has 8 nitrogen and oxygen atoms in total. The van der Waals surface area contributed by atoms with Crippen molar-refractivity contribution >= 4 is 34.5 Å². The van der Waals surface area contributed by atoms with E-state index in [0.717, 1.165) is 16.8 Å². The summed E-state index contributed by atoms with van der Waals surface area (Å²) in [5.41, 5.74) is -0.381. The number of carbonyl (C=O) groups excluding carboxylic acids is 1. The Bertz CT molecular complexity index is 1310. The first-order valence-corrected chi connectivity index (χ1v) is 9.20.